The molecule has 0 saturated carbocycles. The Hall–Kier alpha value is -2.82. The summed E-state index contributed by atoms with van der Waals surface area (Å²) in [6.07, 6.45) is 3.36. The van der Waals surface area contributed by atoms with Crippen LogP contribution >= 0.6 is 11.8 Å². The second-order valence-corrected chi connectivity index (χ2v) is 10.1. The van der Waals surface area contributed by atoms with Crippen LogP contribution in [-0.4, -0.2) is 54.3 Å². The second-order valence-electron chi connectivity index (χ2n) is 8.98. The number of hydrogen-bond donors (Lipinski definition) is 1. The van der Waals surface area contributed by atoms with Crippen molar-refractivity contribution < 1.29 is 4.79 Å². The van der Waals surface area contributed by atoms with Crippen LogP contribution < -0.4 is 10.2 Å². The molecule has 0 saturated heterocycles. The van der Waals surface area contributed by atoms with Gasteiger partial charge >= 0.3 is 0 Å². The highest BCUT2D eigenvalue weighted by atomic mass is 32.2. The van der Waals surface area contributed by atoms with E-state index in [2.05, 4.69) is 49.0 Å². The van der Waals surface area contributed by atoms with Gasteiger partial charge in [-0.1, -0.05) is 18.2 Å². The van der Waals surface area contributed by atoms with E-state index in [-0.39, 0.29) is 5.91 Å². The van der Waals surface area contributed by atoms with Crippen molar-refractivity contribution in [2.75, 3.05) is 31.3 Å². The summed E-state index contributed by atoms with van der Waals surface area (Å²) in [7, 11) is 3.95. The van der Waals surface area contributed by atoms with Gasteiger partial charge in [-0.05, 0) is 57.0 Å². The summed E-state index contributed by atoms with van der Waals surface area (Å²) in [6, 6.07) is 14.7. The van der Waals surface area contributed by atoms with Gasteiger partial charge in [0.25, 0.3) is 0 Å². The average Bonchev–Trinajstić information content (AvgIpc) is 3.08. The van der Waals surface area contributed by atoms with Gasteiger partial charge in [0.15, 0.2) is 0 Å². The molecule has 1 aromatic heterocycles. The first-order chi connectivity index (χ1) is 15.7. The zero-order valence-electron chi connectivity index (χ0n) is 20.3. The van der Waals surface area contributed by atoms with Crippen molar-refractivity contribution in [1.29, 1.82) is 5.26 Å². The summed E-state index contributed by atoms with van der Waals surface area (Å²) in [6.45, 7) is 9.62. The molecule has 1 unspecified atom stereocenters. The Bertz CT molecular complexity index is 1030. The van der Waals surface area contributed by atoms with Crippen molar-refractivity contribution in [3.63, 3.8) is 0 Å². The maximum atomic E-state index is 13.6. The Morgan fingerprint density at radius 2 is 1.76 bits per heavy atom. The van der Waals surface area contributed by atoms with Crippen LogP contribution in [0.2, 0.25) is 0 Å². The number of thioether (sulfide) groups is 1. The summed E-state index contributed by atoms with van der Waals surface area (Å²) in [5.41, 5.74) is 1.70. The van der Waals surface area contributed by atoms with Gasteiger partial charge in [0.05, 0.1) is 16.7 Å². The number of nitrogens with one attached hydrogen (secondary N) is 1. The van der Waals surface area contributed by atoms with Gasteiger partial charge in [-0.15, -0.1) is 11.8 Å². The minimum absolute atomic E-state index is 0.211. The molecule has 1 aliphatic heterocycles. The van der Waals surface area contributed by atoms with Gasteiger partial charge < -0.3 is 10.2 Å². The normalized spacial score (nSPS) is 18.2. The van der Waals surface area contributed by atoms with Crippen molar-refractivity contribution in [3.8, 4) is 6.07 Å². The SMILES string of the molecule is CC(C)N(CCSC1=C(C#N)C(c2ccc(N(C)C)cc2)(c2cccnc2)C(=O)N1)C(C)C. The van der Waals surface area contributed by atoms with Crippen molar-refractivity contribution >= 4 is 23.4 Å². The third kappa shape index (κ3) is 4.78. The number of pyridine rings is 1. The number of amides is 1. The molecular formula is C26H33N5OS. The first-order valence-corrected chi connectivity index (χ1v) is 12.2. The zero-order chi connectivity index (χ0) is 24.2. The molecule has 1 N–H and O–H groups in total. The molecule has 1 aliphatic rings. The first-order valence-electron chi connectivity index (χ1n) is 11.3. The number of benzene rings is 1. The summed E-state index contributed by atoms with van der Waals surface area (Å²) in [5.74, 6) is 0.566. The summed E-state index contributed by atoms with van der Waals surface area (Å²) in [4.78, 5) is 22.3. The molecule has 0 bridgehead atoms. The molecular weight excluding hydrogens is 430 g/mol. The Labute approximate surface area is 201 Å². The van der Waals surface area contributed by atoms with Crippen LogP contribution in [0.3, 0.4) is 0 Å². The van der Waals surface area contributed by atoms with E-state index in [9.17, 15) is 10.1 Å². The highest BCUT2D eigenvalue weighted by Crippen LogP contribution is 2.46. The van der Waals surface area contributed by atoms with Crippen LogP contribution in [0.15, 0.2) is 59.4 Å². The predicted molar refractivity (Wildman–Crippen MR) is 136 cm³/mol. The van der Waals surface area contributed by atoms with Gasteiger partial charge in [0.1, 0.15) is 5.41 Å². The van der Waals surface area contributed by atoms with Crippen molar-refractivity contribution in [2.45, 2.75) is 45.2 Å². The van der Waals surface area contributed by atoms with Gasteiger partial charge in [0.2, 0.25) is 5.91 Å². The lowest BCUT2D eigenvalue weighted by molar-refractivity contribution is -0.122. The average molecular weight is 464 g/mol. The molecule has 33 heavy (non-hydrogen) atoms. The maximum Gasteiger partial charge on any atom is 0.245 e. The fraction of sp³-hybridized carbons (Fsp3) is 0.423. The van der Waals surface area contributed by atoms with Crippen LogP contribution in [0.25, 0.3) is 0 Å². The largest absolute Gasteiger partial charge is 0.378 e. The highest BCUT2D eigenvalue weighted by molar-refractivity contribution is 8.03. The fourth-order valence-electron chi connectivity index (χ4n) is 4.46. The molecule has 0 aliphatic carbocycles. The van der Waals surface area contributed by atoms with E-state index < -0.39 is 5.41 Å². The lowest BCUT2D eigenvalue weighted by Crippen LogP contribution is -2.40. The van der Waals surface area contributed by atoms with Crippen molar-refractivity contribution in [1.82, 2.24) is 15.2 Å². The molecule has 2 aromatic rings. The Morgan fingerprint density at radius 3 is 2.27 bits per heavy atom. The van der Waals surface area contributed by atoms with E-state index in [1.807, 2.05) is 55.4 Å². The number of anilines is 1. The Balaban J connectivity index is 2.04. The van der Waals surface area contributed by atoms with Gasteiger partial charge in [-0.25, -0.2) is 0 Å². The smallest absolute Gasteiger partial charge is 0.245 e. The van der Waals surface area contributed by atoms with E-state index in [1.165, 1.54) is 11.8 Å². The maximum absolute atomic E-state index is 13.6. The van der Waals surface area contributed by atoms with Gasteiger partial charge in [-0.3, -0.25) is 14.7 Å². The highest BCUT2D eigenvalue weighted by Gasteiger charge is 2.52. The molecule has 0 radical (unpaired) electrons. The Kier molecular flexibility index (Phi) is 7.83. The van der Waals surface area contributed by atoms with E-state index in [1.54, 1.807) is 12.4 Å². The van der Waals surface area contributed by atoms with Crippen LogP contribution in [-0.2, 0) is 10.2 Å². The van der Waals surface area contributed by atoms with Gasteiger partial charge in [-0.2, -0.15) is 5.26 Å². The van der Waals surface area contributed by atoms with E-state index in [0.717, 1.165) is 23.5 Å². The summed E-state index contributed by atoms with van der Waals surface area (Å²) >= 11 is 1.54. The van der Waals surface area contributed by atoms with Gasteiger partial charge in [0, 0.05) is 56.6 Å². The third-order valence-electron chi connectivity index (χ3n) is 6.12. The van der Waals surface area contributed by atoms with Crippen LogP contribution in [0.4, 0.5) is 5.69 Å². The van der Waals surface area contributed by atoms with E-state index in [4.69, 9.17) is 0 Å². The number of carbonyl (C=O) groups excluding carboxylic acids is 1. The number of rotatable bonds is 9. The number of nitriles is 1. The number of carbonyl (C=O) groups is 1. The number of aromatic nitrogens is 1. The molecule has 2 heterocycles. The van der Waals surface area contributed by atoms with E-state index >= 15 is 0 Å². The molecule has 174 valence electrons. The summed E-state index contributed by atoms with van der Waals surface area (Å²) in [5, 5.41) is 14.0. The topological polar surface area (TPSA) is 72.3 Å². The van der Waals surface area contributed by atoms with E-state index in [0.29, 0.717) is 28.2 Å². The predicted octanol–water partition coefficient (Wildman–Crippen LogP) is 4.15. The Morgan fingerprint density at radius 1 is 1.09 bits per heavy atom. The molecule has 7 heteroatoms. The molecule has 3 rings (SSSR count). The molecule has 0 spiro atoms. The molecule has 1 amide bonds. The molecule has 1 atom stereocenters. The fourth-order valence-corrected chi connectivity index (χ4v) is 5.48. The van der Waals surface area contributed by atoms with Crippen molar-refractivity contribution in [2.24, 2.45) is 0 Å². The van der Waals surface area contributed by atoms with Crippen LogP contribution in [0, 0.1) is 11.3 Å². The molecule has 6 nitrogen and oxygen atoms in total. The van der Waals surface area contributed by atoms with Crippen LogP contribution in [0.1, 0.15) is 38.8 Å². The molecule has 0 fully saturated rings. The number of hydrogen-bond acceptors (Lipinski definition) is 6. The lowest BCUT2D eigenvalue weighted by Gasteiger charge is -2.30. The minimum Gasteiger partial charge on any atom is -0.378 e. The monoisotopic (exact) mass is 463 g/mol. The van der Waals surface area contributed by atoms with Crippen LogP contribution in [0.5, 0.6) is 0 Å². The quantitative estimate of drug-likeness (QED) is 0.602. The summed E-state index contributed by atoms with van der Waals surface area (Å²) < 4.78 is 0. The number of nitrogens with zero attached hydrogens (tertiary/aromatic N) is 4. The lowest BCUT2D eigenvalue weighted by atomic mass is 9.70. The molecule has 1 aromatic carbocycles. The zero-order valence-corrected chi connectivity index (χ0v) is 21.1. The minimum atomic E-state index is -1.22. The second kappa shape index (κ2) is 10.4. The standard InChI is InChI=1S/C26H33N5OS/c1-18(2)31(19(3)4)14-15-33-24-23(16-27)26(25(32)29-24,21-8-7-13-28-17-21)20-9-11-22(12-10-20)30(5)6/h7-13,17-19H,14-15H2,1-6H3,(H,29,32). The third-order valence-corrected chi connectivity index (χ3v) is 7.10. The van der Waals surface area contributed by atoms with Crippen molar-refractivity contribution in [3.05, 3.63) is 70.5 Å². The first kappa shape index (κ1) is 24.8.